The zero-order chi connectivity index (χ0) is 13.0. The maximum atomic E-state index is 5.58. The van der Waals surface area contributed by atoms with Crippen LogP contribution < -0.4 is 5.73 Å². The van der Waals surface area contributed by atoms with Crippen LogP contribution >= 0.6 is 11.8 Å². The van der Waals surface area contributed by atoms with Crippen LogP contribution in [0.1, 0.15) is 11.6 Å². The number of nitrogens with zero attached hydrogens (tertiary/aromatic N) is 5. The minimum atomic E-state index is 0.603. The van der Waals surface area contributed by atoms with Crippen LogP contribution in [0.25, 0.3) is 0 Å². The summed E-state index contributed by atoms with van der Waals surface area (Å²) in [5, 5.41) is 9.19. The Hall–Kier alpha value is -1.34. The molecule has 0 saturated carbocycles. The zero-order valence-electron chi connectivity index (χ0n) is 10.7. The zero-order valence-corrected chi connectivity index (χ0v) is 11.5. The quantitative estimate of drug-likeness (QED) is 0.776. The number of imidazole rings is 1. The van der Waals surface area contributed by atoms with Crippen molar-refractivity contribution in [2.24, 2.45) is 12.8 Å². The smallest absolute Gasteiger partial charge is 0.191 e. The number of aromatic nitrogens is 5. The minimum Gasteiger partial charge on any atom is -0.338 e. The van der Waals surface area contributed by atoms with E-state index in [9.17, 15) is 0 Å². The van der Waals surface area contributed by atoms with Crippen LogP contribution in [-0.2, 0) is 20.0 Å². The highest BCUT2D eigenvalue weighted by molar-refractivity contribution is 7.99. The Kier molecular flexibility index (Phi) is 4.38. The first-order chi connectivity index (χ1) is 8.72. The van der Waals surface area contributed by atoms with Crippen LogP contribution in [0.5, 0.6) is 0 Å². The summed E-state index contributed by atoms with van der Waals surface area (Å²) in [5.74, 6) is 2.94. The molecule has 2 N–H and O–H groups in total. The van der Waals surface area contributed by atoms with Crippen molar-refractivity contribution in [1.29, 1.82) is 0 Å². The van der Waals surface area contributed by atoms with Gasteiger partial charge < -0.3 is 14.9 Å². The number of hydrogen-bond donors (Lipinski definition) is 1. The molecule has 0 spiro atoms. The van der Waals surface area contributed by atoms with Gasteiger partial charge in [-0.3, -0.25) is 0 Å². The topological polar surface area (TPSA) is 74.5 Å². The van der Waals surface area contributed by atoms with Crippen LogP contribution in [0.4, 0.5) is 0 Å². The van der Waals surface area contributed by atoms with E-state index in [1.54, 1.807) is 11.8 Å². The molecule has 18 heavy (non-hydrogen) atoms. The third-order valence-corrected chi connectivity index (χ3v) is 3.70. The Morgan fingerprint density at radius 3 is 2.89 bits per heavy atom. The first-order valence-electron chi connectivity index (χ1n) is 5.91. The summed E-state index contributed by atoms with van der Waals surface area (Å²) >= 11 is 1.70. The van der Waals surface area contributed by atoms with Crippen molar-refractivity contribution < 1.29 is 0 Å². The Morgan fingerprint density at radius 2 is 2.22 bits per heavy atom. The molecule has 0 aliphatic carbocycles. The van der Waals surface area contributed by atoms with Gasteiger partial charge >= 0.3 is 0 Å². The van der Waals surface area contributed by atoms with E-state index < -0.39 is 0 Å². The fraction of sp³-hybridized carbons (Fsp3) is 0.545. The van der Waals surface area contributed by atoms with E-state index in [1.807, 2.05) is 30.9 Å². The molecule has 0 aliphatic rings. The second-order valence-electron chi connectivity index (χ2n) is 4.02. The van der Waals surface area contributed by atoms with Crippen LogP contribution in [0.2, 0.25) is 0 Å². The average Bonchev–Trinajstić information content (AvgIpc) is 2.90. The standard InChI is InChI=1S/C11H18N6S/c1-9-14-15-11(17(9)6-4-12)18-8-3-10-13-5-7-16(10)2/h5,7H,3-4,6,8,12H2,1-2H3. The van der Waals surface area contributed by atoms with Gasteiger partial charge in [0.15, 0.2) is 5.16 Å². The maximum Gasteiger partial charge on any atom is 0.191 e. The molecule has 0 aromatic carbocycles. The van der Waals surface area contributed by atoms with Gasteiger partial charge in [-0.2, -0.15) is 0 Å². The first kappa shape index (κ1) is 13.1. The monoisotopic (exact) mass is 266 g/mol. The Labute approximate surface area is 111 Å². The molecule has 0 fully saturated rings. The lowest BCUT2D eigenvalue weighted by atomic mass is 10.4. The molecule has 7 heteroatoms. The maximum absolute atomic E-state index is 5.58. The van der Waals surface area contributed by atoms with Crippen molar-refractivity contribution in [2.45, 2.75) is 25.0 Å². The average molecular weight is 266 g/mol. The Balaban J connectivity index is 1.92. The molecule has 98 valence electrons. The lowest BCUT2D eigenvalue weighted by Gasteiger charge is -2.06. The summed E-state index contributed by atoms with van der Waals surface area (Å²) in [4.78, 5) is 4.30. The first-order valence-corrected chi connectivity index (χ1v) is 6.90. The molecule has 0 saturated heterocycles. The number of hydrogen-bond acceptors (Lipinski definition) is 5. The fourth-order valence-corrected chi connectivity index (χ4v) is 2.67. The van der Waals surface area contributed by atoms with Gasteiger partial charge in [-0.15, -0.1) is 10.2 Å². The molecule has 2 aromatic heterocycles. The summed E-state index contributed by atoms with van der Waals surface area (Å²) in [6.07, 6.45) is 4.70. The lowest BCUT2D eigenvalue weighted by molar-refractivity contribution is 0.627. The highest BCUT2D eigenvalue weighted by atomic mass is 32.2. The molecule has 2 heterocycles. The van der Waals surface area contributed by atoms with Crippen molar-refractivity contribution in [3.05, 3.63) is 24.0 Å². The van der Waals surface area contributed by atoms with E-state index in [0.29, 0.717) is 6.54 Å². The van der Waals surface area contributed by atoms with Crippen LogP contribution in [0.3, 0.4) is 0 Å². The van der Waals surface area contributed by atoms with Crippen molar-refractivity contribution in [1.82, 2.24) is 24.3 Å². The number of nitrogens with two attached hydrogens (primary N) is 1. The van der Waals surface area contributed by atoms with E-state index in [0.717, 1.165) is 35.5 Å². The van der Waals surface area contributed by atoms with E-state index in [1.165, 1.54) is 0 Å². The summed E-state index contributed by atoms with van der Waals surface area (Å²) in [6, 6.07) is 0. The van der Waals surface area contributed by atoms with Gasteiger partial charge in [-0.05, 0) is 6.92 Å². The molecule has 0 atom stereocenters. The largest absolute Gasteiger partial charge is 0.338 e. The molecule has 2 aromatic rings. The predicted octanol–water partition coefficient (Wildman–Crippen LogP) is 0.614. The highest BCUT2D eigenvalue weighted by Crippen LogP contribution is 2.17. The van der Waals surface area contributed by atoms with Gasteiger partial charge in [0, 0.05) is 44.7 Å². The molecule has 0 amide bonds. The highest BCUT2D eigenvalue weighted by Gasteiger charge is 2.09. The molecule has 0 unspecified atom stereocenters. The number of rotatable bonds is 6. The molecular weight excluding hydrogens is 248 g/mol. The van der Waals surface area contributed by atoms with E-state index in [4.69, 9.17) is 5.73 Å². The fourth-order valence-electron chi connectivity index (χ4n) is 1.73. The van der Waals surface area contributed by atoms with Gasteiger partial charge in [0.1, 0.15) is 11.6 Å². The van der Waals surface area contributed by atoms with Crippen molar-refractivity contribution in [2.75, 3.05) is 12.3 Å². The molecule has 6 nitrogen and oxygen atoms in total. The van der Waals surface area contributed by atoms with Crippen LogP contribution in [0, 0.1) is 6.92 Å². The van der Waals surface area contributed by atoms with Crippen LogP contribution in [-0.4, -0.2) is 36.6 Å². The van der Waals surface area contributed by atoms with Gasteiger partial charge in [0.25, 0.3) is 0 Å². The summed E-state index contributed by atoms with van der Waals surface area (Å²) in [7, 11) is 2.01. The van der Waals surface area contributed by atoms with E-state index in [-0.39, 0.29) is 0 Å². The normalized spacial score (nSPS) is 11.1. The summed E-state index contributed by atoms with van der Waals surface area (Å²) in [5.41, 5.74) is 5.58. The molecular formula is C11H18N6S. The van der Waals surface area contributed by atoms with Crippen molar-refractivity contribution >= 4 is 11.8 Å². The summed E-state index contributed by atoms with van der Waals surface area (Å²) in [6.45, 7) is 3.32. The second kappa shape index (κ2) is 6.01. The van der Waals surface area contributed by atoms with Gasteiger partial charge in [0.05, 0.1) is 0 Å². The number of thioether (sulfide) groups is 1. The number of aryl methyl sites for hydroxylation is 3. The second-order valence-corrected chi connectivity index (χ2v) is 5.09. The Bertz CT molecular complexity index is 503. The molecule has 0 aliphatic heterocycles. The SMILES string of the molecule is Cc1nnc(SCCc2nccn2C)n1CCN. The van der Waals surface area contributed by atoms with Gasteiger partial charge in [-0.25, -0.2) is 4.98 Å². The van der Waals surface area contributed by atoms with Crippen molar-refractivity contribution in [3.8, 4) is 0 Å². The van der Waals surface area contributed by atoms with Crippen molar-refractivity contribution in [3.63, 3.8) is 0 Å². The molecule has 2 rings (SSSR count). The van der Waals surface area contributed by atoms with E-state index in [2.05, 4.69) is 19.7 Å². The van der Waals surface area contributed by atoms with Gasteiger partial charge in [0.2, 0.25) is 0 Å². The van der Waals surface area contributed by atoms with Gasteiger partial charge in [-0.1, -0.05) is 11.8 Å². The molecule has 0 bridgehead atoms. The third-order valence-electron chi connectivity index (χ3n) is 2.73. The minimum absolute atomic E-state index is 0.603. The van der Waals surface area contributed by atoms with Crippen LogP contribution in [0.15, 0.2) is 17.6 Å². The Morgan fingerprint density at radius 1 is 1.39 bits per heavy atom. The van der Waals surface area contributed by atoms with E-state index >= 15 is 0 Å². The third kappa shape index (κ3) is 2.91. The summed E-state index contributed by atoms with van der Waals surface area (Å²) < 4.78 is 4.10. The molecule has 0 radical (unpaired) electrons. The lowest BCUT2D eigenvalue weighted by Crippen LogP contribution is -2.12. The predicted molar refractivity (Wildman–Crippen MR) is 71.4 cm³/mol.